The smallest absolute Gasteiger partial charge is 0.244 e. The van der Waals surface area contributed by atoms with Gasteiger partial charge in [0.25, 0.3) is 0 Å². The summed E-state index contributed by atoms with van der Waals surface area (Å²) in [6, 6.07) is 11.3. The Morgan fingerprint density at radius 2 is 1.85 bits per heavy atom. The number of anilines is 1. The molecule has 142 valence electrons. The highest BCUT2D eigenvalue weighted by Crippen LogP contribution is 2.20. The van der Waals surface area contributed by atoms with E-state index in [9.17, 15) is 4.79 Å². The average Bonchev–Trinajstić information content (AvgIpc) is 2.63. The summed E-state index contributed by atoms with van der Waals surface area (Å²) in [5, 5.41) is 3.10. The lowest BCUT2D eigenvalue weighted by Crippen LogP contribution is -2.55. The largest absolute Gasteiger partial charge is 0.350 e. The zero-order chi connectivity index (χ0) is 17.0. The Kier molecular flexibility index (Phi) is 8.27. The van der Waals surface area contributed by atoms with Crippen LogP contribution in [0.2, 0.25) is 0 Å². The molecule has 1 saturated heterocycles. The van der Waals surface area contributed by atoms with Gasteiger partial charge in [0.1, 0.15) is 5.54 Å². The minimum absolute atomic E-state index is 0. The first-order valence-corrected chi connectivity index (χ1v) is 8.24. The van der Waals surface area contributed by atoms with Crippen LogP contribution >= 0.6 is 24.8 Å². The van der Waals surface area contributed by atoms with Crippen LogP contribution in [0.15, 0.2) is 48.8 Å². The van der Waals surface area contributed by atoms with Crippen molar-refractivity contribution in [1.29, 1.82) is 0 Å². The average molecular weight is 398 g/mol. The van der Waals surface area contributed by atoms with Gasteiger partial charge in [-0.05, 0) is 31.4 Å². The predicted molar refractivity (Wildman–Crippen MR) is 108 cm³/mol. The first-order valence-electron chi connectivity index (χ1n) is 8.24. The number of nitrogens with one attached hydrogen (secondary N) is 1. The number of aromatic nitrogens is 2. The van der Waals surface area contributed by atoms with Gasteiger partial charge in [-0.1, -0.05) is 30.3 Å². The molecule has 0 spiro atoms. The molecule has 3 N–H and O–H groups in total. The lowest BCUT2D eigenvalue weighted by Gasteiger charge is -2.35. The van der Waals surface area contributed by atoms with Crippen LogP contribution in [0.5, 0.6) is 0 Å². The first-order chi connectivity index (χ1) is 11.6. The van der Waals surface area contributed by atoms with E-state index in [1.807, 2.05) is 30.3 Å². The summed E-state index contributed by atoms with van der Waals surface area (Å²) < 4.78 is 0. The maximum Gasteiger partial charge on any atom is 0.244 e. The van der Waals surface area contributed by atoms with Crippen LogP contribution < -0.4 is 16.0 Å². The normalized spacial score (nSPS) is 18.7. The topological polar surface area (TPSA) is 84.1 Å². The Labute approximate surface area is 166 Å². The number of carbonyl (C=O) groups is 1. The van der Waals surface area contributed by atoms with E-state index in [4.69, 9.17) is 5.73 Å². The van der Waals surface area contributed by atoms with E-state index < -0.39 is 5.54 Å². The van der Waals surface area contributed by atoms with Crippen LogP contribution in [0.4, 0.5) is 5.95 Å². The zero-order valence-electron chi connectivity index (χ0n) is 14.7. The van der Waals surface area contributed by atoms with Crippen LogP contribution in [0, 0.1) is 0 Å². The molecule has 3 rings (SSSR count). The highest BCUT2D eigenvalue weighted by atomic mass is 35.5. The van der Waals surface area contributed by atoms with Crippen LogP contribution in [-0.4, -0.2) is 35.0 Å². The van der Waals surface area contributed by atoms with E-state index in [2.05, 4.69) is 20.2 Å². The first kappa shape index (κ1) is 22.2. The van der Waals surface area contributed by atoms with E-state index in [0.717, 1.165) is 24.9 Å². The van der Waals surface area contributed by atoms with Gasteiger partial charge in [-0.25, -0.2) is 9.97 Å². The van der Waals surface area contributed by atoms with E-state index in [0.29, 0.717) is 12.5 Å². The van der Waals surface area contributed by atoms with Gasteiger partial charge in [0.05, 0.1) is 0 Å². The summed E-state index contributed by atoms with van der Waals surface area (Å²) in [6.07, 6.45) is 5.38. The molecule has 0 aliphatic carbocycles. The van der Waals surface area contributed by atoms with Gasteiger partial charge in [-0.3, -0.25) is 4.79 Å². The summed E-state index contributed by atoms with van der Waals surface area (Å²) in [6.45, 7) is 3.34. The fraction of sp³-hybridized carbons (Fsp3) is 0.389. The molecule has 26 heavy (non-hydrogen) atoms. The lowest BCUT2D eigenvalue weighted by molar-refractivity contribution is -0.126. The van der Waals surface area contributed by atoms with Crippen molar-refractivity contribution in [2.24, 2.45) is 5.73 Å². The molecule has 0 saturated carbocycles. The van der Waals surface area contributed by atoms with E-state index in [1.54, 1.807) is 25.4 Å². The van der Waals surface area contributed by atoms with Crippen molar-refractivity contribution in [3.05, 3.63) is 54.4 Å². The molecule has 1 aromatic heterocycles. The zero-order valence-corrected chi connectivity index (χ0v) is 16.3. The molecule has 2 aromatic rings. The molecule has 1 aromatic carbocycles. The Morgan fingerprint density at radius 1 is 1.19 bits per heavy atom. The number of amides is 1. The molecular formula is C18H25Cl2N5O. The second-order valence-electron chi connectivity index (χ2n) is 6.38. The van der Waals surface area contributed by atoms with Crippen LogP contribution in [0.1, 0.15) is 25.3 Å². The molecule has 6 nitrogen and oxygen atoms in total. The van der Waals surface area contributed by atoms with Crippen LogP contribution in [-0.2, 0) is 10.3 Å². The molecule has 2 unspecified atom stereocenters. The summed E-state index contributed by atoms with van der Waals surface area (Å²) in [7, 11) is 0. The monoisotopic (exact) mass is 397 g/mol. The summed E-state index contributed by atoms with van der Waals surface area (Å²) in [4.78, 5) is 23.4. The number of piperidine rings is 1. The van der Waals surface area contributed by atoms with Crippen molar-refractivity contribution in [3.63, 3.8) is 0 Å². The van der Waals surface area contributed by atoms with Crippen molar-refractivity contribution in [3.8, 4) is 0 Å². The number of carbonyl (C=O) groups excluding carboxylic acids is 1. The number of benzene rings is 1. The maximum absolute atomic E-state index is 12.7. The predicted octanol–water partition coefficient (Wildman–Crippen LogP) is 2.28. The molecule has 8 heteroatoms. The number of nitrogens with zero attached hydrogens (tertiary/aromatic N) is 3. The van der Waals surface area contributed by atoms with Gasteiger partial charge in [-0.2, -0.15) is 0 Å². The number of hydrogen-bond donors (Lipinski definition) is 2. The third-order valence-electron chi connectivity index (χ3n) is 4.44. The highest BCUT2D eigenvalue weighted by Gasteiger charge is 2.33. The van der Waals surface area contributed by atoms with Crippen LogP contribution in [0.25, 0.3) is 0 Å². The minimum Gasteiger partial charge on any atom is -0.350 e. The Morgan fingerprint density at radius 3 is 2.50 bits per heavy atom. The molecule has 1 aliphatic rings. The molecular weight excluding hydrogens is 373 g/mol. The molecule has 0 radical (unpaired) electrons. The fourth-order valence-electron chi connectivity index (χ4n) is 2.98. The number of hydrogen-bond acceptors (Lipinski definition) is 5. The van der Waals surface area contributed by atoms with E-state index >= 15 is 0 Å². The fourth-order valence-corrected chi connectivity index (χ4v) is 2.98. The van der Waals surface area contributed by atoms with E-state index in [-0.39, 0.29) is 36.8 Å². The van der Waals surface area contributed by atoms with Gasteiger partial charge in [0, 0.05) is 31.5 Å². The third-order valence-corrected chi connectivity index (χ3v) is 4.44. The molecule has 2 atom stereocenters. The van der Waals surface area contributed by atoms with Gasteiger partial charge >= 0.3 is 0 Å². The Hall–Kier alpha value is -1.89. The second kappa shape index (κ2) is 9.71. The molecule has 1 amide bonds. The lowest BCUT2D eigenvalue weighted by atomic mass is 9.91. The number of rotatable bonds is 4. The summed E-state index contributed by atoms with van der Waals surface area (Å²) in [5.41, 5.74) is 6.05. The van der Waals surface area contributed by atoms with Crippen LogP contribution in [0.3, 0.4) is 0 Å². The standard InChI is InChI=1S/C18H23N5O.2ClH/c1-18(19,14-7-3-2-4-8-14)16(24)22-15-9-5-12-23(13-15)17-20-10-6-11-21-17;;/h2-4,6-8,10-11,15H,5,9,12-13,19H2,1H3,(H,22,24);2*1H. The highest BCUT2D eigenvalue weighted by molar-refractivity contribution is 5.87. The minimum atomic E-state index is -1.05. The van der Waals surface area contributed by atoms with Crippen molar-refractivity contribution in [2.75, 3.05) is 18.0 Å². The van der Waals surface area contributed by atoms with Crippen molar-refractivity contribution < 1.29 is 4.79 Å². The van der Waals surface area contributed by atoms with E-state index in [1.165, 1.54) is 0 Å². The summed E-state index contributed by atoms with van der Waals surface area (Å²) >= 11 is 0. The summed E-state index contributed by atoms with van der Waals surface area (Å²) in [5.74, 6) is 0.546. The second-order valence-corrected chi connectivity index (χ2v) is 6.38. The Balaban J connectivity index is 0.00000169. The molecule has 0 bridgehead atoms. The molecule has 1 fully saturated rings. The Bertz CT molecular complexity index is 684. The van der Waals surface area contributed by atoms with Gasteiger partial charge in [0.15, 0.2) is 0 Å². The number of halogens is 2. The maximum atomic E-state index is 12.7. The quantitative estimate of drug-likeness (QED) is 0.826. The van der Waals surface area contributed by atoms with Crippen molar-refractivity contribution >= 4 is 36.7 Å². The third kappa shape index (κ3) is 5.06. The van der Waals surface area contributed by atoms with Gasteiger partial charge < -0.3 is 16.0 Å². The SMILES string of the molecule is CC(N)(C(=O)NC1CCCN(c2ncccn2)C1)c1ccccc1.Cl.Cl. The van der Waals surface area contributed by atoms with Gasteiger partial charge in [-0.15, -0.1) is 24.8 Å². The van der Waals surface area contributed by atoms with Gasteiger partial charge in [0.2, 0.25) is 11.9 Å². The van der Waals surface area contributed by atoms with Crippen molar-refractivity contribution in [2.45, 2.75) is 31.3 Å². The van der Waals surface area contributed by atoms with Crippen molar-refractivity contribution in [1.82, 2.24) is 15.3 Å². The number of nitrogens with two attached hydrogens (primary N) is 1. The molecule has 1 aliphatic heterocycles. The molecule has 2 heterocycles.